The summed E-state index contributed by atoms with van der Waals surface area (Å²) in [5.74, 6) is 1.86. The van der Waals surface area contributed by atoms with Gasteiger partial charge in [-0.05, 0) is 36.2 Å². The van der Waals surface area contributed by atoms with E-state index in [4.69, 9.17) is 9.26 Å². The molecule has 2 heterocycles. The van der Waals surface area contributed by atoms with Crippen molar-refractivity contribution in [2.24, 2.45) is 0 Å². The summed E-state index contributed by atoms with van der Waals surface area (Å²) < 4.78 is 10.7. The molecule has 7 nitrogen and oxygen atoms in total. The van der Waals surface area contributed by atoms with E-state index in [9.17, 15) is 4.79 Å². The molecule has 1 aliphatic heterocycles. The van der Waals surface area contributed by atoms with E-state index in [1.54, 1.807) is 7.11 Å². The molecule has 2 aromatic carbocycles. The Labute approximate surface area is 169 Å². The number of carbonyl (C=O) groups is 1. The zero-order valence-electron chi connectivity index (χ0n) is 16.4. The molecule has 7 heteroatoms. The summed E-state index contributed by atoms with van der Waals surface area (Å²) in [6.07, 6.45) is 2.03. The molecule has 150 valence electrons. The summed E-state index contributed by atoms with van der Waals surface area (Å²) >= 11 is 0. The average Bonchev–Trinajstić information content (AvgIpc) is 3.24. The molecule has 1 saturated heterocycles. The van der Waals surface area contributed by atoms with Gasteiger partial charge in [-0.2, -0.15) is 4.98 Å². The minimum atomic E-state index is 0.124. The fraction of sp³-hybridized carbons (Fsp3) is 0.318. The largest absolute Gasteiger partial charge is 0.496 e. The van der Waals surface area contributed by atoms with Crippen molar-refractivity contribution >= 4 is 11.9 Å². The molecule has 0 unspecified atom stereocenters. The van der Waals surface area contributed by atoms with E-state index in [0.29, 0.717) is 31.3 Å². The Balaban J connectivity index is 1.29. The SMILES string of the molecule is COc1ccccc1CC(=O)N1CCC(Nc2noc(-c3ccccc3)n2)CC1. The first-order valence-corrected chi connectivity index (χ1v) is 9.78. The average molecular weight is 392 g/mol. The van der Waals surface area contributed by atoms with Crippen molar-refractivity contribution < 1.29 is 14.1 Å². The van der Waals surface area contributed by atoms with E-state index in [2.05, 4.69) is 15.5 Å². The molecule has 0 bridgehead atoms. The number of methoxy groups -OCH3 is 1. The van der Waals surface area contributed by atoms with Crippen molar-refractivity contribution in [2.45, 2.75) is 25.3 Å². The number of rotatable bonds is 6. The van der Waals surface area contributed by atoms with E-state index in [1.165, 1.54) is 0 Å². The van der Waals surface area contributed by atoms with Crippen LogP contribution in [0.25, 0.3) is 11.5 Å². The number of aromatic nitrogens is 2. The number of amides is 1. The van der Waals surface area contributed by atoms with E-state index in [1.807, 2.05) is 59.5 Å². The quantitative estimate of drug-likeness (QED) is 0.693. The maximum Gasteiger partial charge on any atom is 0.263 e. The molecule has 1 N–H and O–H groups in total. The molecule has 1 fully saturated rings. The van der Waals surface area contributed by atoms with Gasteiger partial charge in [0, 0.05) is 30.3 Å². The standard InChI is InChI=1S/C22H24N4O3/c1-28-19-10-6-5-9-17(19)15-20(27)26-13-11-18(12-14-26)23-22-24-21(29-25-22)16-7-3-2-4-8-16/h2-10,18H,11-15H2,1H3,(H,23,25). The van der Waals surface area contributed by atoms with E-state index in [-0.39, 0.29) is 11.9 Å². The number of para-hydroxylation sites is 1. The van der Waals surface area contributed by atoms with Gasteiger partial charge in [0.05, 0.1) is 13.5 Å². The van der Waals surface area contributed by atoms with Gasteiger partial charge in [-0.3, -0.25) is 4.79 Å². The van der Waals surface area contributed by atoms with E-state index < -0.39 is 0 Å². The Morgan fingerprint density at radius 2 is 1.86 bits per heavy atom. The van der Waals surface area contributed by atoms with Gasteiger partial charge >= 0.3 is 0 Å². The lowest BCUT2D eigenvalue weighted by molar-refractivity contribution is -0.131. The number of nitrogens with zero attached hydrogens (tertiary/aromatic N) is 3. The highest BCUT2D eigenvalue weighted by Crippen LogP contribution is 2.22. The number of carbonyl (C=O) groups excluding carboxylic acids is 1. The van der Waals surface area contributed by atoms with E-state index in [0.717, 1.165) is 29.7 Å². The second-order valence-electron chi connectivity index (χ2n) is 7.08. The predicted octanol–water partition coefficient (Wildman–Crippen LogP) is 3.39. The first kappa shape index (κ1) is 19.0. The lowest BCUT2D eigenvalue weighted by atomic mass is 10.0. The number of nitrogens with one attached hydrogen (secondary N) is 1. The Morgan fingerprint density at radius 1 is 1.14 bits per heavy atom. The lowest BCUT2D eigenvalue weighted by Gasteiger charge is -2.32. The fourth-order valence-corrected chi connectivity index (χ4v) is 3.56. The summed E-state index contributed by atoms with van der Waals surface area (Å²) in [5.41, 5.74) is 1.81. The summed E-state index contributed by atoms with van der Waals surface area (Å²) in [7, 11) is 1.63. The highest BCUT2D eigenvalue weighted by atomic mass is 16.5. The van der Waals surface area contributed by atoms with Crippen molar-refractivity contribution in [3.05, 3.63) is 60.2 Å². The van der Waals surface area contributed by atoms with Crippen molar-refractivity contribution in [3.63, 3.8) is 0 Å². The van der Waals surface area contributed by atoms with Gasteiger partial charge in [0.2, 0.25) is 5.91 Å². The Morgan fingerprint density at radius 3 is 2.62 bits per heavy atom. The summed E-state index contributed by atoms with van der Waals surface area (Å²) in [4.78, 5) is 19.0. The number of likely N-dealkylation sites (tertiary alicyclic amines) is 1. The second kappa shape index (κ2) is 8.77. The van der Waals surface area contributed by atoms with Gasteiger partial charge in [0.15, 0.2) is 0 Å². The first-order chi connectivity index (χ1) is 14.2. The van der Waals surface area contributed by atoms with E-state index >= 15 is 0 Å². The van der Waals surface area contributed by atoms with Gasteiger partial charge in [0.25, 0.3) is 11.8 Å². The predicted molar refractivity (Wildman–Crippen MR) is 110 cm³/mol. The maximum absolute atomic E-state index is 12.7. The minimum Gasteiger partial charge on any atom is -0.496 e. The van der Waals surface area contributed by atoms with Crippen LogP contribution in [0.1, 0.15) is 18.4 Å². The number of ether oxygens (including phenoxy) is 1. The second-order valence-corrected chi connectivity index (χ2v) is 7.08. The molecule has 29 heavy (non-hydrogen) atoms. The summed E-state index contributed by atoms with van der Waals surface area (Å²) in [6, 6.07) is 17.6. The number of anilines is 1. The van der Waals surface area contributed by atoms with Crippen LogP contribution >= 0.6 is 0 Å². The summed E-state index contributed by atoms with van der Waals surface area (Å²) in [5, 5.41) is 7.35. The fourth-order valence-electron chi connectivity index (χ4n) is 3.56. The van der Waals surface area contributed by atoms with Crippen molar-refractivity contribution in [3.8, 4) is 17.2 Å². The van der Waals surface area contributed by atoms with Crippen LogP contribution in [-0.4, -0.2) is 47.2 Å². The number of hydrogen-bond donors (Lipinski definition) is 1. The molecule has 1 amide bonds. The van der Waals surface area contributed by atoms with Crippen LogP contribution in [0.5, 0.6) is 5.75 Å². The molecular weight excluding hydrogens is 368 g/mol. The van der Waals surface area contributed by atoms with Gasteiger partial charge in [-0.15, -0.1) is 0 Å². The number of hydrogen-bond acceptors (Lipinski definition) is 6. The zero-order chi connectivity index (χ0) is 20.1. The van der Waals surface area contributed by atoms with Gasteiger partial charge in [-0.25, -0.2) is 0 Å². The molecule has 0 atom stereocenters. The highest BCUT2D eigenvalue weighted by molar-refractivity contribution is 5.79. The molecule has 0 aliphatic carbocycles. The molecule has 1 aromatic heterocycles. The van der Waals surface area contributed by atoms with Crippen LogP contribution in [0.4, 0.5) is 5.95 Å². The van der Waals surface area contributed by atoms with Crippen molar-refractivity contribution in [1.29, 1.82) is 0 Å². The number of benzene rings is 2. The number of piperidine rings is 1. The monoisotopic (exact) mass is 392 g/mol. The summed E-state index contributed by atoms with van der Waals surface area (Å²) in [6.45, 7) is 1.41. The molecule has 0 saturated carbocycles. The zero-order valence-corrected chi connectivity index (χ0v) is 16.4. The minimum absolute atomic E-state index is 0.124. The molecule has 0 radical (unpaired) electrons. The molecule has 4 rings (SSSR count). The molecular formula is C22H24N4O3. The third-order valence-corrected chi connectivity index (χ3v) is 5.16. The Kier molecular flexibility index (Phi) is 5.74. The van der Waals surface area contributed by atoms with Crippen LogP contribution in [0.15, 0.2) is 59.1 Å². The van der Waals surface area contributed by atoms with Crippen molar-refractivity contribution in [1.82, 2.24) is 15.0 Å². The molecule has 3 aromatic rings. The normalized spacial score (nSPS) is 14.6. The van der Waals surface area contributed by atoms with Crippen LogP contribution < -0.4 is 10.1 Å². The van der Waals surface area contributed by atoms with Gasteiger partial charge < -0.3 is 19.5 Å². The van der Waals surface area contributed by atoms with Crippen LogP contribution in [0, 0.1) is 0 Å². The van der Waals surface area contributed by atoms with Crippen LogP contribution in [0.3, 0.4) is 0 Å². The smallest absolute Gasteiger partial charge is 0.263 e. The topological polar surface area (TPSA) is 80.5 Å². The first-order valence-electron chi connectivity index (χ1n) is 9.78. The molecule has 1 aliphatic rings. The Hall–Kier alpha value is -3.35. The van der Waals surface area contributed by atoms with Crippen LogP contribution in [-0.2, 0) is 11.2 Å². The van der Waals surface area contributed by atoms with Crippen molar-refractivity contribution in [2.75, 3.05) is 25.5 Å². The highest BCUT2D eigenvalue weighted by Gasteiger charge is 2.24. The Bertz CT molecular complexity index is 949. The molecule has 0 spiro atoms. The lowest BCUT2D eigenvalue weighted by Crippen LogP contribution is -2.43. The maximum atomic E-state index is 12.7. The third-order valence-electron chi connectivity index (χ3n) is 5.16. The van der Waals surface area contributed by atoms with Gasteiger partial charge in [0.1, 0.15) is 5.75 Å². The van der Waals surface area contributed by atoms with Crippen LogP contribution in [0.2, 0.25) is 0 Å². The third kappa shape index (κ3) is 4.56. The van der Waals surface area contributed by atoms with Gasteiger partial charge in [-0.1, -0.05) is 36.4 Å².